The van der Waals surface area contributed by atoms with Crippen LogP contribution < -0.4 is 0 Å². The number of pyridine rings is 1. The van der Waals surface area contributed by atoms with Gasteiger partial charge < -0.3 is 5.11 Å². The largest absolute Gasteiger partial charge is 0.481 e. The van der Waals surface area contributed by atoms with Crippen LogP contribution in [0.15, 0.2) is 24.5 Å². The van der Waals surface area contributed by atoms with E-state index in [0.29, 0.717) is 12.2 Å². The van der Waals surface area contributed by atoms with Crippen molar-refractivity contribution in [2.24, 2.45) is 5.92 Å². The van der Waals surface area contributed by atoms with Gasteiger partial charge in [-0.25, -0.2) is 9.97 Å². The van der Waals surface area contributed by atoms with Crippen molar-refractivity contribution in [2.75, 3.05) is 0 Å². The molecule has 2 aromatic rings. The Morgan fingerprint density at radius 3 is 2.45 bits per heavy atom. The zero-order valence-corrected chi connectivity index (χ0v) is 11.8. The van der Waals surface area contributed by atoms with Gasteiger partial charge in [-0.3, -0.25) is 9.78 Å². The van der Waals surface area contributed by atoms with Crippen LogP contribution in [0.3, 0.4) is 0 Å². The Hall–Kier alpha value is -2.30. The van der Waals surface area contributed by atoms with Gasteiger partial charge >= 0.3 is 5.97 Å². The van der Waals surface area contributed by atoms with Crippen LogP contribution in [0.4, 0.5) is 0 Å². The third-order valence-electron chi connectivity index (χ3n) is 3.27. The fourth-order valence-electron chi connectivity index (χ4n) is 2.05. The molecule has 0 saturated carbocycles. The van der Waals surface area contributed by atoms with Gasteiger partial charge in [0.2, 0.25) is 0 Å². The van der Waals surface area contributed by atoms with Crippen LogP contribution in [-0.4, -0.2) is 26.0 Å². The quantitative estimate of drug-likeness (QED) is 0.924. The maximum absolute atomic E-state index is 11.0. The summed E-state index contributed by atoms with van der Waals surface area (Å²) in [6.45, 7) is 5.47. The first-order valence-corrected chi connectivity index (χ1v) is 6.46. The molecule has 5 nitrogen and oxygen atoms in total. The van der Waals surface area contributed by atoms with Gasteiger partial charge in [0.05, 0.1) is 5.92 Å². The molecular weight excluding hydrogens is 254 g/mol. The van der Waals surface area contributed by atoms with E-state index in [1.807, 2.05) is 26.0 Å². The molecule has 0 aliphatic carbocycles. The molecule has 104 valence electrons. The number of aryl methyl sites for hydroxylation is 2. The summed E-state index contributed by atoms with van der Waals surface area (Å²) < 4.78 is 0. The Kier molecular flexibility index (Phi) is 4.08. The number of carboxylic acids is 1. The second-order valence-corrected chi connectivity index (χ2v) is 4.88. The van der Waals surface area contributed by atoms with Crippen LogP contribution in [0, 0.1) is 19.8 Å². The molecule has 0 aromatic carbocycles. The lowest BCUT2D eigenvalue weighted by Gasteiger charge is -2.13. The first-order valence-electron chi connectivity index (χ1n) is 6.46. The number of carbonyl (C=O) groups is 1. The first kappa shape index (κ1) is 14.1. The van der Waals surface area contributed by atoms with Crippen LogP contribution in [0.2, 0.25) is 0 Å². The number of nitrogens with zero attached hydrogens (tertiary/aromatic N) is 3. The van der Waals surface area contributed by atoms with E-state index in [1.165, 1.54) is 0 Å². The number of hydrogen-bond acceptors (Lipinski definition) is 4. The summed E-state index contributed by atoms with van der Waals surface area (Å²) in [5.41, 5.74) is 3.41. The molecule has 0 spiro atoms. The highest BCUT2D eigenvalue weighted by molar-refractivity contribution is 5.70. The van der Waals surface area contributed by atoms with Gasteiger partial charge in [-0.2, -0.15) is 0 Å². The van der Waals surface area contributed by atoms with Crippen molar-refractivity contribution in [1.82, 2.24) is 15.0 Å². The van der Waals surface area contributed by atoms with Gasteiger partial charge in [-0.05, 0) is 38.0 Å². The van der Waals surface area contributed by atoms with Gasteiger partial charge in [0.1, 0.15) is 0 Å². The summed E-state index contributed by atoms with van der Waals surface area (Å²) in [4.78, 5) is 24.0. The molecule has 0 aliphatic rings. The Morgan fingerprint density at radius 2 is 1.95 bits per heavy atom. The summed E-state index contributed by atoms with van der Waals surface area (Å²) in [5.74, 6) is -0.625. The minimum absolute atomic E-state index is 0.444. The predicted octanol–water partition coefficient (Wildman–Crippen LogP) is 2.42. The molecule has 0 amide bonds. The smallest absolute Gasteiger partial charge is 0.306 e. The third-order valence-corrected chi connectivity index (χ3v) is 3.27. The number of rotatable bonds is 4. The Balaban J connectivity index is 2.37. The number of hydrogen-bond donors (Lipinski definition) is 1. The zero-order valence-electron chi connectivity index (χ0n) is 11.8. The van der Waals surface area contributed by atoms with E-state index in [-0.39, 0.29) is 0 Å². The molecule has 1 atom stereocenters. The lowest BCUT2D eigenvalue weighted by Crippen LogP contribution is -2.15. The van der Waals surface area contributed by atoms with Crippen molar-refractivity contribution >= 4 is 5.97 Å². The number of carboxylic acid groups (broad SMARTS) is 1. The van der Waals surface area contributed by atoms with Crippen molar-refractivity contribution in [3.8, 4) is 11.4 Å². The maximum Gasteiger partial charge on any atom is 0.306 e. The predicted molar refractivity (Wildman–Crippen MR) is 75.2 cm³/mol. The summed E-state index contributed by atoms with van der Waals surface area (Å²) in [5, 5.41) is 9.01. The van der Waals surface area contributed by atoms with Crippen LogP contribution in [0.5, 0.6) is 0 Å². The summed E-state index contributed by atoms with van der Waals surface area (Å²) in [6, 6.07) is 3.74. The minimum Gasteiger partial charge on any atom is -0.481 e. The van der Waals surface area contributed by atoms with Gasteiger partial charge in [-0.1, -0.05) is 6.92 Å². The lowest BCUT2D eigenvalue weighted by atomic mass is 9.99. The second kappa shape index (κ2) is 5.77. The average molecular weight is 271 g/mol. The van der Waals surface area contributed by atoms with Crippen LogP contribution >= 0.6 is 0 Å². The average Bonchev–Trinajstić information content (AvgIpc) is 2.43. The number of aliphatic carboxylic acids is 1. The normalized spacial score (nSPS) is 12.2. The summed E-state index contributed by atoms with van der Waals surface area (Å²) in [7, 11) is 0. The molecule has 0 saturated heterocycles. The molecule has 2 heterocycles. The third kappa shape index (κ3) is 2.99. The fraction of sp³-hybridized carbons (Fsp3) is 0.333. The van der Waals surface area contributed by atoms with Gasteiger partial charge in [0.25, 0.3) is 0 Å². The van der Waals surface area contributed by atoms with E-state index in [0.717, 1.165) is 22.5 Å². The van der Waals surface area contributed by atoms with E-state index in [4.69, 9.17) is 5.11 Å². The van der Waals surface area contributed by atoms with E-state index in [1.54, 1.807) is 19.3 Å². The van der Waals surface area contributed by atoms with Crippen LogP contribution in [0.25, 0.3) is 11.4 Å². The molecule has 0 radical (unpaired) electrons. The summed E-state index contributed by atoms with van der Waals surface area (Å²) >= 11 is 0. The topological polar surface area (TPSA) is 76.0 Å². The molecule has 5 heteroatoms. The van der Waals surface area contributed by atoms with Gasteiger partial charge in [0, 0.05) is 29.3 Å². The van der Waals surface area contributed by atoms with E-state index in [2.05, 4.69) is 15.0 Å². The van der Waals surface area contributed by atoms with Crippen molar-refractivity contribution < 1.29 is 9.90 Å². The molecule has 20 heavy (non-hydrogen) atoms. The number of aromatic nitrogens is 3. The molecular formula is C15H17N3O2. The van der Waals surface area contributed by atoms with Crippen molar-refractivity contribution in [3.63, 3.8) is 0 Å². The molecule has 1 N–H and O–H groups in total. The Morgan fingerprint density at radius 1 is 1.30 bits per heavy atom. The van der Waals surface area contributed by atoms with Crippen molar-refractivity contribution in [1.29, 1.82) is 0 Å². The minimum atomic E-state index is -0.805. The summed E-state index contributed by atoms with van der Waals surface area (Å²) in [6.07, 6.45) is 3.86. The first-order chi connectivity index (χ1) is 9.49. The van der Waals surface area contributed by atoms with Crippen LogP contribution in [0.1, 0.15) is 23.9 Å². The highest BCUT2D eigenvalue weighted by Gasteiger charge is 2.17. The highest BCUT2D eigenvalue weighted by atomic mass is 16.4. The van der Waals surface area contributed by atoms with Crippen molar-refractivity contribution in [3.05, 3.63) is 41.5 Å². The zero-order chi connectivity index (χ0) is 14.7. The van der Waals surface area contributed by atoms with Crippen molar-refractivity contribution in [2.45, 2.75) is 27.2 Å². The maximum atomic E-state index is 11.0. The Bertz CT molecular complexity index is 603. The fourth-order valence-corrected chi connectivity index (χ4v) is 2.05. The van der Waals surface area contributed by atoms with E-state index >= 15 is 0 Å². The molecule has 2 rings (SSSR count). The van der Waals surface area contributed by atoms with Gasteiger partial charge in [0.15, 0.2) is 5.82 Å². The molecule has 0 aliphatic heterocycles. The molecule has 0 fully saturated rings. The lowest BCUT2D eigenvalue weighted by molar-refractivity contribution is -0.141. The highest BCUT2D eigenvalue weighted by Crippen LogP contribution is 2.20. The monoisotopic (exact) mass is 271 g/mol. The standard InChI is InChI=1S/C15H17N3O2/c1-9(15(19)20)7-13-10(2)17-14(18-11(13)3)12-5-4-6-16-8-12/h4-6,8-9H,7H2,1-3H3,(H,19,20). The molecule has 0 bridgehead atoms. The van der Waals surface area contributed by atoms with Crippen LogP contribution in [-0.2, 0) is 11.2 Å². The van der Waals surface area contributed by atoms with E-state index in [9.17, 15) is 4.79 Å². The molecule has 2 aromatic heterocycles. The van der Waals surface area contributed by atoms with E-state index < -0.39 is 11.9 Å². The SMILES string of the molecule is Cc1nc(-c2cccnc2)nc(C)c1CC(C)C(=O)O. The molecule has 1 unspecified atom stereocenters. The second-order valence-electron chi connectivity index (χ2n) is 4.88. The Labute approximate surface area is 117 Å². The van der Waals surface area contributed by atoms with Gasteiger partial charge in [-0.15, -0.1) is 0 Å².